The van der Waals surface area contributed by atoms with Crippen molar-refractivity contribution in [2.24, 2.45) is 0 Å². The molecular formula is C25H23N3O2S. The van der Waals surface area contributed by atoms with Gasteiger partial charge < -0.3 is 10.6 Å². The molecule has 0 saturated heterocycles. The number of anilines is 5. The number of sulfonamides is 1. The summed E-state index contributed by atoms with van der Waals surface area (Å²) in [5.74, 6) is 0. The molecule has 0 spiro atoms. The number of nitrogens with one attached hydrogen (secondary N) is 3. The molecule has 0 bridgehead atoms. The number of para-hydroxylation sites is 1. The van der Waals surface area contributed by atoms with Gasteiger partial charge in [0, 0.05) is 22.7 Å². The zero-order chi connectivity index (χ0) is 21.7. The molecule has 3 N–H and O–H groups in total. The molecule has 0 aliphatic carbocycles. The van der Waals surface area contributed by atoms with E-state index in [4.69, 9.17) is 0 Å². The van der Waals surface area contributed by atoms with Crippen LogP contribution in [0.1, 0.15) is 5.56 Å². The summed E-state index contributed by atoms with van der Waals surface area (Å²) in [5.41, 5.74) is 5.20. The van der Waals surface area contributed by atoms with Crippen LogP contribution in [-0.4, -0.2) is 8.42 Å². The topological polar surface area (TPSA) is 70.2 Å². The Kier molecular flexibility index (Phi) is 5.91. The average molecular weight is 430 g/mol. The second-order valence-corrected chi connectivity index (χ2v) is 8.88. The van der Waals surface area contributed by atoms with E-state index >= 15 is 0 Å². The maximum Gasteiger partial charge on any atom is 0.261 e. The third-order valence-electron chi connectivity index (χ3n) is 4.68. The van der Waals surface area contributed by atoms with Gasteiger partial charge in [-0.2, -0.15) is 0 Å². The van der Waals surface area contributed by atoms with Crippen molar-refractivity contribution in [3.8, 4) is 0 Å². The molecule has 31 heavy (non-hydrogen) atoms. The summed E-state index contributed by atoms with van der Waals surface area (Å²) in [7, 11) is -3.64. The van der Waals surface area contributed by atoms with Gasteiger partial charge in [0.1, 0.15) is 0 Å². The SMILES string of the molecule is Cc1ccc(S(=O)(=O)Nc2cccc(Nc3ccc(Nc4ccccc4)cc3)c2)cc1. The van der Waals surface area contributed by atoms with Gasteiger partial charge in [-0.15, -0.1) is 0 Å². The van der Waals surface area contributed by atoms with E-state index in [0.29, 0.717) is 5.69 Å². The molecule has 0 unspecified atom stereocenters. The van der Waals surface area contributed by atoms with E-state index in [1.165, 1.54) is 0 Å². The molecule has 0 atom stereocenters. The fraction of sp³-hybridized carbons (Fsp3) is 0.0400. The monoisotopic (exact) mass is 429 g/mol. The van der Waals surface area contributed by atoms with Crippen molar-refractivity contribution in [3.63, 3.8) is 0 Å². The van der Waals surface area contributed by atoms with Crippen LogP contribution in [-0.2, 0) is 10.0 Å². The maximum atomic E-state index is 12.6. The summed E-state index contributed by atoms with van der Waals surface area (Å²) in [4.78, 5) is 0.234. The molecule has 0 aliphatic heterocycles. The van der Waals surface area contributed by atoms with Crippen molar-refractivity contribution in [2.75, 3.05) is 15.4 Å². The van der Waals surface area contributed by atoms with E-state index in [1.54, 1.807) is 42.5 Å². The van der Waals surface area contributed by atoms with Crippen LogP contribution in [0.15, 0.2) is 108 Å². The predicted octanol–water partition coefficient (Wildman–Crippen LogP) is 6.28. The Morgan fingerprint density at radius 3 is 1.71 bits per heavy atom. The van der Waals surface area contributed by atoms with Gasteiger partial charge in [-0.3, -0.25) is 4.72 Å². The standard InChI is InChI=1S/C25H23N3O2S/c1-19-10-16-25(17-11-19)31(29,30)28-24-9-5-8-23(18-24)27-22-14-12-21(13-15-22)26-20-6-3-2-4-7-20/h2-18,26-28H,1H3. The molecule has 0 saturated carbocycles. The summed E-state index contributed by atoms with van der Waals surface area (Å²) in [6, 6.07) is 31.8. The molecular weight excluding hydrogens is 406 g/mol. The first-order valence-corrected chi connectivity index (χ1v) is 11.3. The van der Waals surface area contributed by atoms with Crippen molar-refractivity contribution >= 4 is 38.5 Å². The summed E-state index contributed by atoms with van der Waals surface area (Å²) < 4.78 is 27.9. The minimum absolute atomic E-state index is 0.234. The summed E-state index contributed by atoms with van der Waals surface area (Å²) in [6.45, 7) is 1.92. The van der Waals surface area contributed by atoms with E-state index in [2.05, 4.69) is 15.4 Å². The van der Waals surface area contributed by atoms with E-state index in [-0.39, 0.29) is 4.90 Å². The van der Waals surface area contributed by atoms with Gasteiger partial charge in [0.2, 0.25) is 0 Å². The molecule has 0 aliphatic rings. The highest BCUT2D eigenvalue weighted by atomic mass is 32.2. The third kappa shape index (κ3) is 5.43. The lowest BCUT2D eigenvalue weighted by Gasteiger charge is -2.12. The minimum atomic E-state index is -3.64. The van der Waals surface area contributed by atoms with Gasteiger partial charge in [0.05, 0.1) is 10.6 Å². The normalized spacial score (nSPS) is 11.0. The van der Waals surface area contributed by atoms with E-state index in [9.17, 15) is 8.42 Å². The quantitative estimate of drug-likeness (QED) is 0.323. The maximum absolute atomic E-state index is 12.6. The van der Waals surface area contributed by atoms with Crippen molar-refractivity contribution < 1.29 is 8.42 Å². The number of benzene rings is 4. The molecule has 0 radical (unpaired) electrons. The first kappa shape index (κ1) is 20.5. The number of hydrogen-bond acceptors (Lipinski definition) is 4. The molecule has 0 amide bonds. The van der Waals surface area contributed by atoms with Gasteiger partial charge in [-0.25, -0.2) is 8.42 Å². The van der Waals surface area contributed by atoms with Gasteiger partial charge in [0.15, 0.2) is 0 Å². The molecule has 0 fully saturated rings. The smallest absolute Gasteiger partial charge is 0.261 e. The van der Waals surface area contributed by atoms with E-state index in [1.807, 2.05) is 67.6 Å². The highest BCUT2D eigenvalue weighted by molar-refractivity contribution is 7.92. The molecule has 0 aromatic heterocycles. The lowest BCUT2D eigenvalue weighted by Crippen LogP contribution is -2.12. The largest absolute Gasteiger partial charge is 0.356 e. The molecule has 6 heteroatoms. The van der Waals surface area contributed by atoms with Crippen molar-refractivity contribution in [1.82, 2.24) is 0 Å². The fourth-order valence-electron chi connectivity index (χ4n) is 3.08. The third-order valence-corrected chi connectivity index (χ3v) is 6.08. The summed E-state index contributed by atoms with van der Waals surface area (Å²) >= 11 is 0. The highest BCUT2D eigenvalue weighted by Crippen LogP contribution is 2.24. The summed E-state index contributed by atoms with van der Waals surface area (Å²) in [6.07, 6.45) is 0. The van der Waals surface area contributed by atoms with Gasteiger partial charge in [0.25, 0.3) is 10.0 Å². The Morgan fingerprint density at radius 1 is 0.548 bits per heavy atom. The van der Waals surface area contributed by atoms with Gasteiger partial charge in [-0.1, -0.05) is 42.0 Å². The van der Waals surface area contributed by atoms with Crippen molar-refractivity contribution in [2.45, 2.75) is 11.8 Å². The van der Waals surface area contributed by atoms with Crippen molar-refractivity contribution in [1.29, 1.82) is 0 Å². The zero-order valence-corrected chi connectivity index (χ0v) is 17.9. The molecule has 4 aromatic rings. The Balaban J connectivity index is 1.44. The van der Waals surface area contributed by atoms with Gasteiger partial charge >= 0.3 is 0 Å². The Morgan fingerprint density at radius 2 is 1.06 bits per heavy atom. The van der Waals surface area contributed by atoms with Crippen LogP contribution >= 0.6 is 0 Å². The Bertz CT molecular complexity index is 1250. The molecule has 0 heterocycles. The van der Waals surface area contributed by atoms with Crippen LogP contribution in [0.3, 0.4) is 0 Å². The van der Waals surface area contributed by atoms with Crippen LogP contribution < -0.4 is 15.4 Å². The van der Waals surface area contributed by atoms with Crippen LogP contribution in [0.5, 0.6) is 0 Å². The molecule has 156 valence electrons. The number of hydrogen-bond donors (Lipinski definition) is 3. The second kappa shape index (κ2) is 8.93. The molecule has 4 rings (SSSR count). The highest BCUT2D eigenvalue weighted by Gasteiger charge is 2.14. The minimum Gasteiger partial charge on any atom is -0.356 e. The molecule has 5 nitrogen and oxygen atoms in total. The van der Waals surface area contributed by atoms with Crippen molar-refractivity contribution in [3.05, 3.63) is 109 Å². The first-order valence-electron chi connectivity index (χ1n) is 9.87. The molecule has 4 aromatic carbocycles. The zero-order valence-electron chi connectivity index (χ0n) is 17.0. The van der Waals surface area contributed by atoms with Crippen LogP contribution in [0.25, 0.3) is 0 Å². The fourth-order valence-corrected chi connectivity index (χ4v) is 4.13. The Labute approximate surface area is 182 Å². The second-order valence-electron chi connectivity index (χ2n) is 7.19. The van der Waals surface area contributed by atoms with Crippen LogP contribution in [0, 0.1) is 6.92 Å². The van der Waals surface area contributed by atoms with Crippen LogP contribution in [0.2, 0.25) is 0 Å². The lowest BCUT2D eigenvalue weighted by atomic mass is 10.2. The summed E-state index contributed by atoms with van der Waals surface area (Å²) in [5, 5.41) is 6.65. The predicted molar refractivity (Wildman–Crippen MR) is 128 cm³/mol. The van der Waals surface area contributed by atoms with E-state index < -0.39 is 10.0 Å². The number of aryl methyl sites for hydroxylation is 1. The lowest BCUT2D eigenvalue weighted by molar-refractivity contribution is 0.601. The van der Waals surface area contributed by atoms with E-state index in [0.717, 1.165) is 28.3 Å². The van der Waals surface area contributed by atoms with Crippen LogP contribution in [0.4, 0.5) is 28.4 Å². The van der Waals surface area contributed by atoms with Gasteiger partial charge in [-0.05, 0) is 73.7 Å². The first-order chi connectivity index (χ1) is 15.0. The average Bonchev–Trinajstić information content (AvgIpc) is 2.76. The Hall–Kier alpha value is -3.77. The number of rotatable bonds is 7.